The number of ether oxygens (including phenoxy) is 3. The number of hydrogen-bond donors (Lipinski definition) is 4. The van der Waals surface area contributed by atoms with Crippen molar-refractivity contribution in [3.05, 3.63) is 108 Å². The van der Waals surface area contributed by atoms with E-state index in [1.54, 1.807) is 4.31 Å². The normalized spacial score (nSPS) is 15.0. The summed E-state index contributed by atoms with van der Waals surface area (Å²) in [4.78, 5) is 5.77. The Labute approximate surface area is 318 Å². The summed E-state index contributed by atoms with van der Waals surface area (Å²) in [5.41, 5.74) is 6.24. The van der Waals surface area contributed by atoms with Crippen LogP contribution in [0.25, 0.3) is 32.8 Å². The molecule has 4 aromatic carbocycles. The molecule has 1 fully saturated rings. The first-order valence-corrected chi connectivity index (χ1v) is 19.5. The molecule has 54 heavy (non-hydrogen) atoms. The zero-order valence-corrected chi connectivity index (χ0v) is 31.8. The van der Waals surface area contributed by atoms with Crippen molar-refractivity contribution in [3.8, 4) is 22.6 Å². The van der Waals surface area contributed by atoms with Crippen molar-refractivity contribution in [1.82, 2.24) is 23.8 Å². The minimum atomic E-state index is -1.14. The van der Waals surface area contributed by atoms with Gasteiger partial charge in [0.1, 0.15) is 29.7 Å². The van der Waals surface area contributed by atoms with Gasteiger partial charge in [0.05, 0.1) is 48.9 Å². The van der Waals surface area contributed by atoms with Crippen LogP contribution in [-0.2, 0) is 35.9 Å². The van der Waals surface area contributed by atoms with Crippen molar-refractivity contribution < 1.29 is 29.0 Å². The summed E-state index contributed by atoms with van der Waals surface area (Å²) in [5.74, 6) is 1.55. The topological polar surface area (TPSA) is 145 Å². The van der Waals surface area contributed by atoms with Crippen LogP contribution in [0.3, 0.4) is 0 Å². The first kappa shape index (κ1) is 37.7. The number of anilines is 1. The van der Waals surface area contributed by atoms with Crippen molar-refractivity contribution in [2.24, 2.45) is 0 Å². The van der Waals surface area contributed by atoms with Crippen LogP contribution in [0.5, 0.6) is 11.5 Å². The Morgan fingerprint density at radius 3 is 2.43 bits per heavy atom. The number of aromatic nitrogens is 3. The van der Waals surface area contributed by atoms with Gasteiger partial charge in [-0.2, -0.15) is 5.10 Å². The zero-order valence-electron chi connectivity index (χ0n) is 31.0. The van der Waals surface area contributed by atoms with E-state index in [4.69, 9.17) is 14.2 Å². The maximum Gasteiger partial charge on any atom is 0.196 e. The van der Waals surface area contributed by atoms with E-state index in [9.17, 15) is 14.8 Å². The minimum absolute atomic E-state index is 0.195. The summed E-state index contributed by atoms with van der Waals surface area (Å²) in [5, 5.41) is 32.2. The Bertz CT molecular complexity index is 2140. The van der Waals surface area contributed by atoms with E-state index in [1.807, 2.05) is 92.1 Å². The molecule has 0 radical (unpaired) electrons. The van der Waals surface area contributed by atoms with Gasteiger partial charge >= 0.3 is 0 Å². The van der Waals surface area contributed by atoms with E-state index in [0.717, 1.165) is 76.0 Å². The second-order valence-corrected chi connectivity index (χ2v) is 15.1. The highest BCUT2D eigenvalue weighted by Crippen LogP contribution is 2.38. The van der Waals surface area contributed by atoms with E-state index in [-0.39, 0.29) is 13.2 Å². The maximum absolute atomic E-state index is 12.4. The van der Waals surface area contributed by atoms with Crippen LogP contribution in [0, 0.1) is 0 Å². The third-order valence-electron chi connectivity index (χ3n) is 9.82. The quantitative estimate of drug-likeness (QED) is 0.0521. The summed E-state index contributed by atoms with van der Waals surface area (Å²) >= 11 is -1.12. The highest BCUT2D eigenvalue weighted by molar-refractivity contribution is 7.86. The summed E-state index contributed by atoms with van der Waals surface area (Å²) in [6, 6.07) is 28.2. The Kier molecular flexibility index (Phi) is 12.0. The van der Waals surface area contributed by atoms with Gasteiger partial charge in [-0.05, 0) is 61.0 Å². The molecule has 6 aromatic rings. The molecular weight excluding hydrogens is 705 g/mol. The van der Waals surface area contributed by atoms with Gasteiger partial charge in [0.25, 0.3) is 0 Å². The second-order valence-electron chi connectivity index (χ2n) is 13.4. The number of rotatable bonds is 16. The molecule has 0 spiro atoms. The summed E-state index contributed by atoms with van der Waals surface area (Å²) in [6.45, 7) is 5.65. The largest absolute Gasteiger partial charge is 0.578 e. The summed E-state index contributed by atoms with van der Waals surface area (Å²) in [7, 11) is 3.65. The number of nitrogens with one attached hydrogen (secondary N) is 2. The van der Waals surface area contributed by atoms with Gasteiger partial charge in [0.15, 0.2) is 6.29 Å². The van der Waals surface area contributed by atoms with Crippen molar-refractivity contribution in [3.63, 3.8) is 0 Å². The number of aliphatic hydroxyl groups is 2. The van der Waals surface area contributed by atoms with Crippen LogP contribution in [0.15, 0.2) is 84.9 Å². The van der Waals surface area contributed by atoms with E-state index in [2.05, 4.69) is 38.3 Å². The predicted octanol–water partition coefficient (Wildman–Crippen LogP) is 6.08. The summed E-state index contributed by atoms with van der Waals surface area (Å²) < 4.78 is 34.3. The van der Waals surface area contributed by atoms with Crippen molar-refractivity contribution in [2.45, 2.75) is 39.3 Å². The molecule has 3 heterocycles. The molecule has 4 N–H and O–H groups in total. The van der Waals surface area contributed by atoms with Gasteiger partial charge < -0.3 is 38.9 Å². The molecule has 2 unspecified atom stereocenters. The Morgan fingerprint density at radius 2 is 1.67 bits per heavy atom. The smallest absolute Gasteiger partial charge is 0.196 e. The molecule has 0 amide bonds. The Hall–Kier alpha value is -4.60. The number of aromatic amines is 2. The van der Waals surface area contributed by atoms with Crippen LogP contribution < -0.4 is 14.4 Å². The Balaban J connectivity index is 1.08. The second kappa shape index (κ2) is 17.2. The number of aryl methyl sites for hydroxylation is 1. The molecule has 0 bridgehead atoms. The molecule has 13 heteroatoms. The standard InChI is InChI=1S/C41H48N6O6S/c1-4-51-41(49)40-33(15-9-25-52-37-16-7-11-28-10-5-6-12-31(28)37)32-13-8-14-34(39(32)42-40)38-35(26-48)43-44-36(38)27-53-30-19-17-29(18-20-30)46-21-23-47(24-22-46)54(50)45(2)3/h5-8,10-14,16-20,41-42,48-49H,4,9,15,21-27H2,1-3H3,(H,43,44). The van der Waals surface area contributed by atoms with Crippen molar-refractivity contribution in [2.75, 3.05) is 58.4 Å². The number of aliphatic hydroxyl groups excluding tert-OH is 2. The molecule has 284 valence electrons. The van der Waals surface area contributed by atoms with Crippen LogP contribution in [0.1, 0.15) is 42.3 Å². The number of H-pyrrole nitrogens is 2. The van der Waals surface area contributed by atoms with Crippen LogP contribution in [0.2, 0.25) is 0 Å². The molecule has 7 rings (SSSR count). The van der Waals surface area contributed by atoms with Gasteiger partial charge in [-0.3, -0.25) is 5.10 Å². The molecule has 1 aliphatic rings. The number of nitrogens with zero attached hydrogens (tertiary/aromatic N) is 4. The number of piperazine rings is 1. The van der Waals surface area contributed by atoms with E-state index in [1.165, 1.54) is 0 Å². The lowest BCUT2D eigenvalue weighted by atomic mass is 9.98. The lowest BCUT2D eigenvalue weighted by Gasteiger charge is -2.36. The lowest BCUT2D eigenvalue weighted by Crippen LogP contribution is -2.51. The summed E-state index contributed by atoms with van der Waals surface area (Å²) in [6.07, 6.45) is 0.219. The number of hydrogen-bond acceptors (Lipinski definition) is 10. The van der Waals surface area contributed by atoms with Crippen LogP contribution >= 0.6 is 0 Å². The molecule has 0 saturated carbocycles. The van der Waals surface area contributed by atoms with E-state index < -0.39 is 17.8 Å². The predicted molar refractivity (Wildman–Crippen MR) is 213 cm³/mol. The molecule has 0 aliphatic carbocycles. The highest BCUT2D eigenvalue weighted by Gasteiger charge is 2.28. The molecule has 2 atom stereocenters. The van der Waals surface area contributed by atoms with Crippen molar-refractivity contribution in [1.29, 1.82) is 0 Å². The van der Waals surface area contributed by atoms with E-state index >= 15 is 0 Å². The fourth-order valence-electron chi connectivity index (χ4n) is 7.18. The molecule has 12 nitrogen and oxygen atoms in total. The third kappa shape index (κ3) is 8.08. The van der Waals surface area contributed by atoms with Gasteiger partial charge in [-0.15, -0.1) is 8.61 Å². The highest BCUT2D eigenvalue weighted by atomic mass is 32.2. The lowest BCUT2D eigenvalue weighted by molar-refractivity contribution is -0.101. The monoisotopic (exact) mass is 752 g/mol. The van der Waals surface area contributed by atoms with Crippen LogP contribution in [-0.4, -0.2) is 92.0 Å². The number of para-hydroxylation sites is 1. The Morgan fingerprint density at radius 1 is 0.926 bits per heavy atom. The fraction of sp³-hybridized carbons (Fsp3) is 0.341. The third-order valence-corrected chi connectivity index (χ3v) is 11.2. The van der Waals surface area contributed by atoms with Gasteiger partial charge in [0.2, 0.25) is 0 Å². The zero-order chi connectivity index (χ0) is 37.6. The minimum Gasteiger partial charge on any atom is -0.578 e. The van der Waals surface area contributed by atoms with Gasteiger partial charge in [0, 0.05) is 61.4 Å². The first-order chi connectivity index (χ1) is 26.4. The molecule has 1 saturated heterocycles. The average Bonchev–Trinajstić information content (AvgIpc) is 3.80. The van der Waals surface area contributed by atoms with Crippen LogP contribution in [0.4, 0.5) is 5.69 Å². The SMILES string of the molecule is CCOC(O)c1[nH]c2c(-c3c(CO)n[nH]c3COc3ccc(N4CCN([S+]([O-])N(C)C)CC4)cc3)cccc2c1CCCOc1cccc2ccccc12. The molecule has 2 aromatic heterocycles. The maximum atomic E-state index is 12.4. The molecular formula is C41H48N6O6S. The number of fused-ring (bicyclic) bond motifs is 2. The number of benzene rings is 4. The van der Waals surface area contributed by atoms with Gasteiger partial charge in [-0.25, -0.2) is 0 Å². The van der Waals surface area contributed by atoms with E-state index in [0.29, 0.717) is 48.9 Å². The fourth-order valence-corrected chi connectivity index (χ4v) is 8.11. The average molecular weight is 753 g/mol. The van der Waals surface area contributed by atoms with Gasteiger partial charge in [-0.1, -0.05) is 54.6 Å². The first-order valence-electron chi connectivity index (χ1n) is 18.4. The van der Waals surface area contributed by atoms with Crippen molar-refractivity contribution >= 4 is 38.9 Å². The molecule has 1 aliphatic heterocycles.